The zero-order valence-electron chi connectivity index (χ0n) is 59.7. The standard InChI is InChI=1S/C43H37N6O20P3.C21H26N7O14P3/c1-23(47-42-41-43(45-20-44-42)48(21-46-41)39-18-34(54)38(67-39)19-65-71(60,61)69-72(62,63)68-70(57,58)59)28-10-6-24(14-32(28)49(55)56)4-2-3-5-33(53)25-7-13-35(64-22-50)31(15-25)40-29-11-8-26(51)16-36(29)66-37-17-27(52)9-12-30(37)40;1-12(14-5-4-13(3-2-6-22)7-15(14)28(30)31)26-20-19-21(24-10-23-20)27(11-25-19)18-8-16(29)17(40-18)9-39-44(35,36)42-45(37,38)41-43(32,33)34/h6-17,20-23,34,38-39,51,54H,3,5,18-19H2,1H3,(H,60,61)(H,62,63)(H,44,45,47)(H2,57,58,59);4-5,7,10-12,16-18,29H,6,8-9,22H2,1H3,(H,35,36)(H,37,38)(H,23,24,26)(H2,32,33,34)/t23?,34?,38-,39-;12?,16?,17-,18-/m11/s1. The summed E-state index contributed by atoms with van der Waals surface area (Å²) >= 11 is 0. The summed E-state index contributed by atoms with van der Waals surface area (Å²) < 4.78 is 118. The second-order valence-electron chi connectivity index (χ2n) is 25.0. The molecule has 12 atom stereocenters. The third kappa shape index (κ3) is 22.1. The quantitative estimate of drug-likeness (QED) is 0.00401. The van der Waals surface area contributed by atoms with Crippen LogP contribution in [-0.2, 0) is 67.9 Å². The summed E-state index contributed by atoms with van der Waals surface area (Å²) in [5.41, 5.74) is 8.44. The number of carbonyl (C=O) groups excluding carboxylic acids is 2. The predicted molar refractivity (Wildman–Crippen MR) is 399 cm³/mol. The summed E-state index contributed by atoms with van der Waals surface area (Å²) in [7, 11) is -33.6. The molecule has 1 aliphatic carbocycles. The molecule has 8 unspecified atom stereocenters. The molecule has 2 saturated heterocycles. The van der Waals surface area contributed by atoms with E-state index in [-0.39, 0.29) is 135 Å². The molecule has 0 bridgehead atoms. The van der Waals surface area contributed by atoms with Crippen molar-refractivity contribution >= 4 is 115 Å². The van der Waals surface area contributed by atoms with Gasteiger partial charge in [-0.15, -0.1) is 0 Å². The smallest absolute Gasteiger partial charge is 0.490 e. The van der Waals surface area contributed by atoms with E-state index in [9.17, 15) is 96.9 Å². The van der Waals surface area contributed by atoms with E-state index in [4.69, 9.17) is 43.9 Å². The molecule has 47 nitrogen and oxygen atoms in total. The number of nitro benzene ring substituents is 2. The number of phosphoric ester groups is 2. The second kappa shape index (κ2) is 35.9. The maximum absolute atomic E-state index is 13.6. The number of hydrogen-bond acceptors (Lipinski definition) is 35. The molecule has 0 spiro atoms. The number of nitrogens with zero attached hydrogens (tertiary/aromatic N) is 10. The van der Waals surface area contributed by atoms with E-state index in [0.717, 1.165) is 0 Å². The Balaban J connectivity index is 0.000000256. The number of ether oxygens (including phenoxy) is 3. The lowest BCUT2D eigenvalue weighted by molar-refractivity contribution is -0.385. The SMILES string of the molecule is CC(Nc1ncnc2c1ncn2[C@H]1CC(O)[C@@H](COP(=O)(O)OP(=O)(O)OP(=O)(O)O)O1)c1ccc(C#CCCC(=O)c2ccc(OC=O)c(-c3c4ccc(=O)cc-4oc4cc(O)ccc34)c2)cc1[N+](=O)[O-].CC(Nc1ncnc2c1ncn2[C@H]1CC(O)[C@@H](COP(=O)(O)OP(=O)(O)OP(=O)(O)O)O1)c1ccc(C#CCN)cc1[N+](=O)[O-]. The number of imidazole rings is 2. The lowest BCUT2D eigenvalue weighted by Crippen LogP contribution is -2.26. The Labute approximate surface area is 654 Å². The highest BCUT2D eigenvalue weighted by Crippen LogP contribution is 2.68. The summed E-state index contributed by atoms with van der Waals surface area (Å²) in [5, 5.41) is 62.0. The molecule has 4 aromatic carbocycles. The first kappa shape index (κ1) is 87.6. The Bertz CT molecular complexity index is 6000. The van der Waals surface area contributed by atoms with Crippen molar-refractivity contribution in [1.29, 1.82) is 0 Å². The summed E-state index contributed by atoms with van der Waals surface area (Å²) in [5.74, 6) is 11.4. The van der Waals surface area contributed by atoms with Crippen LogP contribution in [0.5, 0.6) is 11.5 Å². The van der Waals surface area contributed by atoms with Crippen molar-refractivity contribution < 1.29 is 146 Å². The lowest BCUT2D eigenvalue weighted by atomic mass is 9.91. The first-order chi connectivity index (χ1) is 55.1. The number of nitro groups is 2. The van der Waals surface area contributed by atoms with Gasteiger partial charge in [0.2, 0.25) is 0 Å². The number of aliphatic hydroxyl groups excluding tert-OH is 2. The summed E-state index contributed by atoms with van der Waals surface area (Å²) in [6.45, 7) is 1.89. The topological polar surface area (TPSA) is 696 Å². The number of phenolic OH excluding ortho intramolecular Hbond substituents is 1. The molecular weight excluding hydrogens is 1680 g/mol. The van der Waals surface area contributed by atoms with Crippen LogP contribution in [-0.4, -0.2) is 160 Å². The molecule has 15 N–H and O–H groups in total. The zero-order chi connectivity index (χ0) is 84.9. The van der Waals surface area contributed by atoms with Gasteiger partial charge in [0.1, 0.15) is 60.2 Å². The Kier molecular flexibility index (Phi) is 26.9. The van der Waals surface area contributed by atoms with Crippen LogP contribution >= 0.6 is 46.9 Å². The van der Waals surface area contributed by atoms with Gasteiger partial charge < -0.3 is 89.5 Å². The highest BCUT2D eigenvalue weighted by Gasteiger charge is 2.46. The number of Topliss-reactive ketones (excluding diaryl/α,β-unsaturated/α-hetero) is 1. The van der Waals surface area contributed by atoms with Gasteiger partial charge in [-0.05, 0) is 80.6 Å². The summed E-state index contributed by atoms with van der Waals surface area (Å²) in [4.78, 5) is 159. The highest BCUT2D eigenvalue weighted by molar-refractivity contribution is 7.67. The fourth-order valence-corrected chi connectivity index (χ4v) is 18.1. The van der Waals surface area contributed by atoms with Gasteiger partial charge >= 0.3 is 46.9 Å². The van der Waals surface area contributed by atoms with Gasteiger partial charge in [0.15, 0.2) is 45.2 Å². The number of aromatic hydroxyl groups is 1. The van der Waals surface area contributed by atoms with Crippen LogP contribution in [0.3, 0.4) is 0 Å². The minimum atomic E-state index is -5.78. The van der Waals surface area contributed by atoms with Gasteiger partial charge in [-0.1, -0.05) is 23.7 Å². The number of fused-ring (bicyclic) bond motifs is 4. The molecule has 7 heterocycles. The Morgan fingerprint density at radius 2 is 1.15 bits per heavy atom. The maximum Gasteiger partial charge on any atom is 0.490 e. The maximum atomic E-state index is 13.6. The number of anilines is 2. The molecule has 4 aliphatic rings. The van der Waals surface area contributed by atoms with Crippen molar-refractivity contribution in [2.75, 3.05) is 30.4 Å². The highest BCUT2D eigenvalue weighted by atomic mass is 31.3. The fourth-order valence-electron chi connectivity index (χ4n) is 12.0. The van der Waals surface area contributed by atoms with Crippen molar-refractivity contribution in [2.45, 2.75) is 88.5 Å². The third-order valence-corrected chi connectivity index (χ3v) is 24.5. The number of ketones is 1. The Morgan fingerprint density at radius 1 is 0.641 bits per heavy atom. The minimum absolute atomic E-state index is 0.0553. The first-order valence-electron chi connectivity index (χ1n) is 33.4. The van der Waals surface area contributed by atoms with Crippen molar-refractivity contribution in [2.24, 2.45) is 5.73 Å². The molecule has 117 heavy (non-hydrogen) atoms. The number of benzene rings is 5. The van der Waals surface area contributed by atoms with Crippen LogP contribution in [0.2, 0.25) is 0 Å². The number of phosphoric acid groups is 6. The van der Waals surface area contributed by atoms with Gasteiger partial charge in [-0.2, -0.15) is 17.2 Å². The number of aromatic nitrogens is 8. The average Bonchev–Trinajstić information content (AvgIpc) is 1.57. The number of hydrogen-bond donors (Lipinski definition) is 14. The van der Waals surface area contributed by atoms with E-state index in [1.54, 1.807) is 50.2 Å². The molecule has 12 rings (SSSR count). The number of phenols is 1. The van der Waals surface area contributed by atoms with E-state index >= 15 is 0 Å². The predicted octanol–water partition coefficient (Wildman–Crippen LogP) is 7.24. The van der Waals surface area contributed by atoms with Crippen LogP contribution in [0.1, 0.15) is 96.7 Å². The lowest BCUT2D eigenvalue weighted by Gasteiger charge is -2.19. The van der Waals surface area contributed by atoms with E-state index < -0.39 is 119 Å². The van der Waals surface area contributed by atoms with Crippen molar-refractivity contribution in [1.82, 2.24) is 39.0 Å². The summed E-state index contributed by atoms with van der Waals surface area (Å²) in [6.07, 6.45) is -2.48. The number of carbonyl (C=O) groups is 2. The fraction of sp³-hybridized carbons (Fsp3) is 0.266. The number of rotatable bonds is 30. The molecule has 618 valence electrons. The van der Waals surface area contributed by atoms with Crippen LogP contribution in [0, 0.1) is 43.9 Å². The first-order valence-corrected chi connectivity index (χ1v) is 42.4. The minimum Gasteiger partial charge on any atom is -0.508 e. The van der Waals surface area contributed by atoms with Gasteiger partial charge in [0.05, 0.1) is 77.7 Å². The van der Waals surface area contributed by atoms with Crippen molar-refractivity contribution in [3.05, 3.63) is 175 Å². The molecule has 2 fully saturated rings. The normalized spacial score (nSPS) is 19.4. The van der Waals surface area contributed by atoms with Crippen LogP contribution in [0.4, 0.5) is 23.0 Å². The molecule has 3 aliphatic heterocycles. The molecule has 0 radical (unpaired) electrons. The Morgan fingerprint density at radius 3 is 1.62 bits per heavy atom. The average molecular weight is 1740 g/mol. The van der Waals surface area contributed by atoms with E-state index in [0.29, 0.717) is 33.2 Å². The largest absolute Gasteiger partial charge is 0.508 e. The van der Waals surface area contributed by atoms with Crippen LogP contribution in [0.15, 0.2) is 126 Å². The van der Waals surface area contributed by atoms with E-state index in [2.05, 4.69) is 90.5 Å². The molecule has 4 aromatic heterocycles. The zero-order valence-corrected chi connectivity index (χ0v) is 65.0. The van der Waals surface area contributed by atoms with E-state index in [1.807, 2.05) is 0 Å². The van der Waals surface area contributed by atoms with Gasteiger partial charge in [-0.3, -0.25) is 52.8 Å². The van der Waals surface area contributed by atoms with Crippen molar-refractivity contribution in [3.8, 4) is 57.6 Å². The molecular formula is C64H63N13O34P6. The van der Waals surface area contributed by atoms with Crippen molar-refractivity contribution in [3.63, 3.8) is 0 Å². The number of aliphatic hydroxyl groups is 2. The second-order valence-corrected chi connectivity index (χ2v) is 33.8. The third-order valence-electron chi connectivity index (χ3n) is 16.9. The Hall–Kier alpha value is -10.2. The molecule has 0 amide bonds. The molecule has 53 heteroatoms. The number of nitrogens with two attached hydrogens (primary N) is 1. The summed E-state index contributed by atoms with van der Waals surface area (Å²) in [6, 6.07) is 20.5. The molecule has 8 aromatic rings. The van der Waals surface area contributed by atoms with Gasteiger partial charge in [-0.25, -0.2) is 57.3 Å². The van der Waals surface area contributed by atoms with E-state index in [1.165, 1.54) is 89.0 Å². The van der Waals surface area contributed by atoms with Crippen LogP contribution < -0.4 is 26.5 Å². The number of nitrogens with one attached hydrogen (secondary N) is 2. The van der Waals surface area contributed by atoms with Crippen LogP contribution in [0.25, 0.3) is 55.7 Å². The van der Waals surface area contributed by atoms with Gasteiger partial charge in [0.25, 0.3) is 17.8 Å². The molecule has 0 saturated carbocycles. The monoisotopic (exact) mass is 1740 g/mol. The van der Waals surface area contributed by atoms with Gasteiger partial charge in [0, 0.05) is 88.7 Å².